The number of rotatable bonds is 5. The van der Waals surface area contributed by atoms with Crippen molar-refractivity contribution in [3.63, 3.8) is 0 Å². The lowest BCUT2D eigenvalue weighted by atomic mass is 10.1. The predicted octanol–water partition coefficient (Wildman–Crippen LogP) is 3.01. The molecule has 0 atom stereocenters. The lowest BCUT2D eigenvalue weighted by Crippen LogP contribution is -2.50. The fourth-order valence-electron chi connectivity index (χ4n) is 2.41. The average molecular weight is 387 g/mol. The molecule has 2 aromatic rings. The van der Waals surface area contributed by atoms with E-state index in [-0.39, 0.29) is 16.7 Å². The first-order valence-electron chi connectivity index (χ1n) is 7.69. The topological polar surface area (TPSA) is 64.6 Å². The minimum absolute atomic E-state index is 0.00494. The van der Waals surface area contributed by atoms with Gasteiger partial charge in [-0.05, 0) is 35.4 Å². The van der Waals surface area contributed by atoms with E-state index in [1.54, 1.807) is 6.07 Å². The minimum Gasteiger partial charge on any atom is -0.484 e. The van der Waals surface area contributed by atoms with Gasteiger partial charge in [0.15, 0.2) is 21.3 Å². The Kier molecular flexibility index (Phi) is 4.85. The molecular weight excluding hydrogens is 371 g/mol. The Morgan fingerprint density at radius 3 is 2.12 bits per heavy atom. The SMILES string of the molecule is CS(=O)(=O)c1ccc(-c2ccc(OC3CNC3)c(OC(F)(F)F)c2)cc1. The molecule has 140 valence electrons. The molecule has 3 rings (SSSR count). The molecule has 26 heavy (non-hydrogen) atoms. The summed E-state index contributed by atoms with van der Waals surface area (Å²) < 4.78 is 70.8. The number of benzene rings is 2. The van der Waals surface area contributed by atoms with Crippen LogP contribution in [-0.2, 0) is 9.84 Å². The van der Waals surface area contributed by atoms with Crippen LogP contribution < -0.4 is 14.8 Å². The third-order valence-electron chi connectivity index (χ3n) is 3.82. The van der Waals surface area contributed by atoms with Crippen molar-refractivity contribution in [2.45, 2.75) is 17.4 Å². The summed E-state index contributed by atoms with van der Waals surface area (Å²) >= 11 is 0. The Labute approximate surface area is 148 Å². The molecule has 0 aromatic heterocycles. The number of sulfone groups is 1. The van der Waals surface area contributed by atoms with Gasteiger partial charge >= 0.3 is 6.36 Å². The molecule has 2 aromatic carbocycles. The zero-order chi connectivity index (χ0) is 18.9. The summed E-state index contributed by atoms with van der Waals surface area (Å²) in [5.74, 6) is -0.431. The van der Waals surface area contributed by atoms with Gasteiger partial charge < -0.3 is 14.8 Å². The highest BCUT2D eigenvalue weighted by Crippen LogP contribution is 2.37. The summed E-state index contributed by atoms with van der Waals surface area (Å²) in [4.78, 5) is 0.130. The second kappa shape index (κ2) is 6.81. The molecule has 0 radical (unpaired) electrons. The zero-order valence-corrected chi connectivity index (χ0v) is 14.5. The van der Waals surface area contributed by atoms with Gasteiger partial charge in [0.25, 0.3) is 0 Å². The second-order valence-corrected chi connectivity index (χ2v) is 7.92. The lowest BCUT2D eigenvalue weighted by molar-refractivity contribution is -0.275. The minimum atomic E-state index is -4.85. The number of nitrogens with one attached hydrogen (secondary N) is 1. The van der Waals surface area contributed by atoms with E-state index in [4.69, 9.17) is 4.74 Å². The van der Waals surface area contributed by atoms with Gasteiger partial charge in [-0.3, -0.25) is 0 Å². The third kappa shape index (κ3) is 4.47. The van der Waals surface area contributed by atoms with Crippen molar-refractivity contribution in [1.29, 1.82) is 0 Å². The van der Waals surface area contributed by atoms with Crippen molar-refractivity contribution in [1.82, 2.24) is 5.32 Å². The normalized spacial score (nSPS) is 15.4. The number of ether oxygens (including phenoxy) is 2. The molecule has 0 amide bonds. The highest BCUT2D eigenvalue weighted by Gasteiger charge is 2.33. The van der Waals surface area contributed by atoms with Gasteiger partial charge in [0.2, 0.25) is 0 Å². The van der Waals surface area contributed by atoms with Crippen LogP contribution in [0, 0.1) is 0 Å². The van der Waals surface area contributed by atoms with Gasteiger partial charge in [0.1, 0.15) is 6.10 Å². The number of hydrogen-bond acceptors (Lipinski definition) is 5. The quantitative estimate of drug-likeness (QED) is 0.855. The summed E-state index contributed by atoms with van der Waals surface area (Å²) in [6.07, 6.45) is -3.97. The summed E-state index contributed by atoms with van der Waals surface area (Å²) in [5, 5.41) is 2.97. The maximum absolute atomic E-state index is 12.7. The van der Waals surface area contributed by atoms with Gasteiger partial charge in [-0.1, -0.05) is 18.2 Å². The van der Waals surface area contributed by atoms with E-state index < -0.39 is 21.9 Å². The molecule has 1 heterocycles. The number of alkyl halides is 3. The Morgan fingerprint density at radius 2 is 1.62 bits per heavy atom. The number of halogens is 3. The summed E-state index contributed by atoms with van der Waals surface area (Å²) in [6, 6.07) is 10.1. The molecule has 1 aliphatic heterocycles. The maximum Gasteiger partial charge on any atom is 0.573 e. The third-order valence-corrected chi connectivity index (χ3v) is 4.95. The fourth-order valence-corrected chi connectivity index (χ4v) is 3.04. The molecule has 0 spiro atoms. The Bertz CT molecular complexity index is 891. The van der Waals surface area contributed by atoms with E-state index in [1.807, 2.05) is 0 Å². The Balaban J connectivity index is 1.93. The van der Waals surface area contributed by atoms with Gasteiger partial charge in [-0.15, -0.1) is 13.2 Å². The predicted molar refractivity (Wildman–Crippen MR) is 89.0 cm³/mol. The van der Waals surface area contributed by atoms with Crippen molar-refractivity contribution in [2.24, 2.45) is 0 Å². The average Bonchev–Trinajstić information content (AvgIpc) is 2.49. The molecule has 1 N–H and O–H groups in total. The first kappa shape index (κ1) is 18.5. The van der Waals surface area contributed by atoms with Crippen LogP contribution in [0.25, 0.3) is 11.1 Å². The van der Waals surface area contributed by atoms with Crippen LogP contribution in [0.5, 0.6) is 11.5 Å². The van der Waals surface area contributed by atoms with E-state index in [0.717, 1.165) is 6.26 Å². The second-order valence-electron chi connectivity index (χ2n) is 5.90. The van der Waals surface area contributed by atoms with Crippen LogP contribution in [-0.4, -0.2) is 40.2 Å². The summed E-state index contributed by atoms with van der Waals surface area (Å²) in [7, 11) is -3.35. The van der Waals surface area contributed by atoms with Gasteiger partial charge in [0.05, 0.1) is 4.90 Å². The van der Waals surface area contributed by atoms with Crippen LogP contribution >= 0.6 is 0 Å². The maximum atomic E-state index is 12.7. The fraction of sp³-hybridized carbons (Fsp3) is 0.294. The Morgan fingerprint density at radius 1 is 1.00 bits per heavy atom. The van der Waals surface area contributed by atoms with Crippen LogP contribution in [0.15, 0.2) is 47.4 Å². The number of hydrogen-bond donors (Lipinski definition) is 1. The van der Waals surface area contributed by atoms with Crippen LogP contribution in [0.1, 0.15) is 0 Å². The molecular formula is C17H16F3NO4S. The Hall–Kier alpha value is -2.26. The van der Waals surface area contributed by atoms with Crippen molar-refractivity contribution >= 4 is 9.84 Å². The highest BCUT2D eigenvalue weighted by atomic mass is 32.2. The van der Waals surface area contributed by atoms with Gasteiger partial charge in [-0.2, -0.15) is 0 Å². The van der Waals surface area contributed by atoms with Crippen LogP contribution in [0.3, 0.4) is 0 Å². The molecule has 0 aliphatic carbocycles. The van der Waals surface area contributed by atoms with E-state index in [1.165, 1.54) is 36.4 Å². The highest BCUT2D eigenvalue weighted by molar-refractivity contribution is 7.90. The molecule has 1 aliphatic rings. The summed E-state index contributed by atoms with van der Waals surface area (Å²) in [5.41, 5.74) is 1.00. The van der Waals surface area contributed by atoms with E-state index in [0.29, 0.717) is 24.2 Å². The molecule has 0 saturated carbocycles. The van der Waals surface area contributed by atoms with Crippen molar-refractivity contribution in [3.8, 4) is 22.6 Å². The van der Waals surface area contributed by atoms with Crippen LogP contribution in [0.4, 0.5) is 13.2 Å². The monoisotopic (exact) mass is 387 g/mol. The standard InChI is InChI=1S/C17H16F3NO4S/c1-26(22,23)14-5-2-11(3-6-14)12-4-7-15(24-13-9-21-10-13)16(8-12)25-17(18,19)20/h2-8,13,21H,9-10H2,1H3. The zero-order valence-electron chi connectivity index (χ0n) is 13.7. The molecule has 1 saturated heterocycles. The molecule has 0 bridgehead atoms. The first-order valence-corrected chi connectivity index (χ1v) is 9.59. The summed E-state index contributed by atoms with van der Waals surface area (Å²) in [6.45, 7) is 1.11. The first-order chi connectivity index (χ1) is 12.1. The molecule has 5 nitrogen and oxygen atoms in total. The van der Waals surface area contributed by atoms with Crippen LogP contribution in [0.2, 0.25) is 0 Å². The van der Waals surface area contributed by atoms with Crippen molar-refractivity contribution in [3.05, 3.63) is 42.5 Å². The van der Waals surface area contributed by atoms with Crippen molar-refractivity contribution < 1.29 is 31.1 Å². The van der Waals surface area contributed by atoms with E-state index >= 15 is 0 Å². The molecule has 0 unspecified atom stereocenters. The van der Waals surface area contributed by atoms with E-state index in [9.17, 15) is 21.6 Å². The largest absolute Gasteiger partial charge is 0.573 e. The van der Waals surface area contributed by atoms with Gasteiger partial charge in [0, 0.05) is 19.3 Å². The lowest BCUT2D eigenvalue weighted by Gasteiger charge is -2.28. The van der Waals surface area contributed by atoms with E-state index in [2.05, 4.69) is 10.1 Å². The molecule has 9 heteroatoms. The van der Waals surface area contributed by atoms with Gasteiger partial charge in [-0.25, -0.2) is 8.42 Å². The smallest absolute Gasteiger partial charge is 0.484 e. The molecule has 1 fully saturated rings. The van der Waals surface area contributed by atoms with Crippen molar-refractivity contribution in [2.75, 3.05) is 19.3 Å².